The molecule has 1 aromatic carbocycles. The standard InChI is InChI=1S/C19H20BrF3N4O2/c1-26-14(15(20)24-25-26)18(29)8-6-17(7-9-18)10-11-27(16(17)28)13-4-2-12(3-5-13)19(21,22)23/h2-5,29H,6-11H2,1H3/t17-,18-. The van der Waals surface area contributed by atoms with E-state index in [0.717, 1.165) is 12.1 Å². The number of carbonyl (C=O) groups excluding carboxylic acids is 1. The second-order valence-corrected chi connectivity index (χ2v) is 8.67. The van der Waals surface area contributed by atoms with Crippen molar-refractivity contribution in [2.45, 2.75) is 43.9 Å². The SMILES string of the molecule is Cn1nnc(Br)c1[C@]1(O)CC[C@@]2(CCN(c3ccc(C(F)(F)F)cc3)C2=O)CC1. The van der Waals surface area contributed by atoms with Gasteiger partial charge in [-0.05, 0) is 72.3 Å². The molecule has 0 bridgehead atoms. The molecule has 2 aromatic rings. The van der Waals surface area contributed by atoms with Gasteiger partial charge in [0.25, 0.3) is 0 Å². The molecular formula is C19H20BrF3N4O2. The summed E-state index contributed by atoms with van der Waals surface area (Å²) in [6, 6.07) is 4.69. The van der Waals surface area contributed by atoms with Gasteiger partial charge in [0.1, 0.15) is 11.3 Å². The highest BCUT2D eigenvalue weighted by Crippen LogP contribution is 2.52. The van der Waals surface area contributed by atoms with E-state index in [9.17, 15) is 23.1 Å². The average molecular weight is 473 g/mol. The molecular weight excluding hydrogens is 453 g/mol. The van der Waals surface area contributed by atoms with Crippen molar-refractivity contribution in [3.8, 4) is 0 Å². The molecule has 6 nitrogen and oxygen atoms in total. The molecule has 29 heavy (non-hydrogen) atoms. The van der Waals surface area contributed by atoms with Crippen LogP contribution in [-0.2, 0) is 23.6 Å². The van der Waals surface area contributed by atoms with Gasteiger partial charge in [-0.25, -0.2) is 4.68 Å². The Morgan fingerprint density at radius 1 is 1.10 bits per heavy atom. The molecule has 1 N–H and O–H groups in total. The van der Waals surface area contributed by atoms with E-state index in [1.54, 1.807) is 11.9 Å². The third-order valence-corrected chi connectivity index (χ3v) is 6.81. The molecule has 1 saturated carbocycles. The lowest BCUT2D eigenvalue weighted by Crippen LogP contribution is -2.43. The van der Waals surface area contributed by atoms with Crippen LogP contribution >= 0.6 is 15.9 Å². The maximum atomic E-state index is 13.2. The summed E-state index contributed by atoms with van der Waals surface area (Å²) in [4.78, 5) is 14.7. The van der Waals surface area contributed by atoms with Gasteiger partial charge in [-0.15, -0.1) is 5.10 Å². The molecule has 4 rings (SSSR count). The van der Waals surface area contributed by atoms with E-state index in [2.05, 4.69) is 26.2 Å². The number of amides is 1. The Labute approximate surface area is 173 Å². The van der Waals surface area contributed by atoms with Crippen LogP contribution in [0.4, 0.5) is 18.9 Å². The van der Waals surface area contributed by atoms with Gasteiger partial charge in [-0.1, -0.05) is 5.21 Å². The van der Waals surface area contributed by atoms with E-state index in [1.165, 1.54) is 16.8 Å². The van der Waals surface area contributed by atoms with Gasteiger partial charge in [0, 0.05) is 19.3 Å². The molecule has 1 spiro atoms. The lowest BCUT2D eigenvalue weighted by atomic mass is 9.67. The Hall–Kier alpha value is -1.94. The Morgan fingerprint density at radius 3 is 2.24 bits per heavy atom. The molecule has 1 aliphatic heterocycles. The normalized spacial score (nSPS) is 27.8. The van der Waals surface area contributed by atoms with E-state index in [-0.39, 0.29) is 5.91 Å². The zero-order valence-electron chi connectivity index (χ0n) is 15.7. The molecule has 2 heterocycles. The highest BCUT2D eigenvalue weighted by molar-refractivity contribution is 9.10. The molecule has 0 atom stereocenters. The smallest absolute Gasteiger partial charge is 0.383 e. The second kappa shape index (κ2) is 6.80. The van der Waals surface area contributed by atoms with Gasteiger partial charge in [0.2, 0.25) is 5.91 Å². The lowest BCUT2D eigenvalue weighted by Gasteiger charge is -2.40. The average Bonchev–Trinajstić information content (AvgIpc) is 3.18. The summed E-state index contributed by atoms with van der Waals surface area (Å²) in [6.07, 6.45) is -2.02. The number of aryl methyl sites for hydroxylation is 1. The maximum absolute atomic E-state index is 13.2. The minimum absolute atomic E-state index is 0.0819. The van der Waals surface area contributed by atoms with Crippen molar-refractivity contribution in [2.24, 2.45) is 12.5 Å². The number of aliphatic hydroxyl groups is 1. The van der Waals surface area contributed by atoms with Crippen molar-refractivity contribution in [3.05, 3.63) is 40.1 Å². The monoisotopic (exact) mass is 472 g/mol. The Morgan fingerprint density at radius 2 is 1.72 bits per heavy atom. The molecule has 1 saturated heterocycles. The van der Waals surface area contributed by atoms with Crippen LogP contribution in [-0.4, -0.2) is 32.6 Å². The van der Waals surface area contributed by atoms with Crippen molar-refractivity contribution in [3.63, 3.8) is 0 Å². The van der Waals surface area contributed by atoms with Gasteiger partial charge in [-0.3, -0.25) is 4.79 Å². The number of carbonyl (C=O) groups is 1. The molecule has 1 aromatic heterocycles. The van der Waals surface area contributed by atoms with Crippen LogP contribution in [0.5, 0.6) is 0 Å². The first-order valence-corrected chi connectivity index (χ1v) is 10.1. The molecule has 0 unspecified atom stereocenters. The summed E-state index contributed by atoms with van der Waals surface area (Å²) in [5.41, 5.74) is -1.38. The second-order valence-electron chi connectivity index (χ2n) is 7.92. The van der Waals surface area contributed by atoms with Crippen LogP contribution in [0.2, 0.25) is 0 Å². The van der Waals surface area contributed by atoms with Crippen molar-refractivity contribution >= 4 is 27.5 Å². The van der Waals surface area contributed by atoms with Gasteiger partial charge in [-0.2, -0.15) is 13.2 Å². The van der Waals surface area contributed by atoms with Gasteiger partial charge in [0.15, 0.2) is 4.60 Å². The minimum atomic E-state index is -4.41. The number of hydrogen-bond acceptors (Lipinski definition) is 4. The van der Waals surface area contributed by atoms with Crippen molar-refractivity contribution in [1.29, 1.82) is 0 Å². The summed E-state index contributed by atoms with van der Waals surface area (Å²) in [5.74, 6) is -0.0819. The van der Waals surface area contributed by atoms with Gasteiger partial charge >= 0.3 is 6.18 Å². The van der Waals surface area contributed by atoms with Crippen molar-refractivity contribution in [1.82, 2.24) is 15.0 Å². The highest BCUT2D eigenvalue weighted by Gasteiger charge is 2.53. The van der Waals surface area contributed by atoms with E-state index in [1.807, 2.05) is 0 Å². The Balaban J connectivity index is 1.51. The van der Waals surface area contributed by atoms with Gasteiger partial charge in [0.05, 0.1) is 11.0 Å². The van der Waals surface area contributed by atoms with E-state index in [0.29, 0.717) is 54.6 Å². The first-order valence-electron chi connectivity index (χ1n) is 9.33. The fourth-order valence-electron chi connectivity index (χ4n) is 4.57. The number of rotatable bonds is 2. The number of anilines is 1. The molecule has 2 fully saturated rings. The largest absolute Gasteiger partial charge is 0.416 e. The van der Waals surface area contributed by atoms with Crippen LogP contribution in [0.1, 0.15) is 43.4 Å². The van der Waals surface area contributed by atoms with E-state index >= 15 is 0 Å². The fourth-order valence-corrected chi connectivity index (χ4v) is 5.26. The molecule has 156 valence electrons. The van der Waals surface area contributed by atoms with Crippen LogP contribution in [0.15, 0.2) is 28.9 Å². The predicted octanol–water partition coefficient (Wildman–Crippen LogP) is 3.78. The summed E-state index contributed by atoms with van der Waals surface area (Å²) >= 11 is 3.32. The number of aromatic nitrogens is 3. The summed E-state index contributed by atoms with van der Waals surface area (Å²) in [6.45, 7) is 0.458. The first-order chi connectivity index (χ1) is 13.6. The summed E-state index contributed by atoms with van der Waals surface area (Å²) in [7, 11) is 1.71. The van der Waals surface area contributed by atoms with Crippen molar-refractivity contribution in [2.75, 3.05) is 11.4 Å². The Bertz CT molecular complexity index is 914. The molecule has 1 amide bonds. The van der Waals surface area contributed by atoms with Crippen LogP contribution in [0.3, 0.4) is 0 Å². The van der Waals surface area contributed by atoms with E-state index < -0.39 is 22.8 Å². The summed E-state index contributed by atoms with van der Waals surface area (Å²) < 4.78 is 40.4. The number of benzene rings is 1. The predicted molar refractivity (Wildman–Crippen MR) is 102 cm³/mol. The minimum Gasteiger partial charge on any atom is -0.383 e. The van der Waals surface area contributed by atoms with E-state index in [4.69, 9.17) is 0 Å². The fraction of sp³-hybridized carbons (Fsp3) is 0.526. The van der Waals surface area contributed by atoms with Crippen LogP contribution < -0.4 is 4.90 Å². The van der Waals surface area contributed by atoms with Gasteiger partial charge < -0.3 is 10.0 Å². The van der Waals surface area contributed by atoms with Crippen LogP contribution in [0, 0.1) is 5.41 Å². The number of hydrogen-bond donors (Lipinski definition) is 1. The quantitative estimate of drug-likeness (QED) is 0.721. The maximum Gasteiger partial charge on any atom is 0.416 e. The molecule has 10 heteroatoms. The van der Waals surface area contributed by atoms with Crippen LogP contribution in [0.25, 0.3) is 0 Å². The number of nitrogens with zero attached hydrogens (tertiary/aromatic N) is 4. The number of halogens is 4. The third kappa shape index (κ3) is 3.35. The topological polar surface area (TPSA) is 71.2 Å². The zero-order valence-corrected chi connectivity index (χ0v) is 17.3. The Kier molecular flexibility index (Phi) is 4.77. The molecule has 0 radical (unpaired) electrons. The third-order valence-electron chi connectivity index (χ3n) is 6.28. The summed E-state index contributed by atoms with van der Waals surface area (Å²) in [5, 5.41) is 19.0. The lowest BCUT2D eigenvalue weighted by molar-refractivity contribution is -0.137. The number of alkyl halides is 3. The zero-order chi connectivity index (χ0) is 21.0. The first kappa shape index (κ1) is 20.3. The van der Waals surface area contributed by atoms with Crippen molar-refractivity contribution < 1.29 is 23.1 Å². The molecule has 1 aliphatic carbocycles. The molecule has 2 aliphatic rings. The highest BCUT2D eigenvalue weighted by atomic mass is 79.9.